The van der Waals surface area contributed by atoms with Gasteiger partial charge in [-0.25, -0.2) is 9.97 Å². The Bertz CT molecular complexity index is 214. The lowest BCUT2D eigenvalue weighted by Crippen LogP contribution is -1.95. The summed E-state index contributed by atoms with van der Waals surface area (Å²) in [6.07, 6.45) is 2.92. The molecule has 1 aromatic heterocycles. The van der Waals surface area contributed by atoms with Gasteiger partial charge in [0.15, 0.2) is 0 Å². The maximum absolute atomic E-state index is 10.3. The highest BCUT2D eigenvalue weighted by molar-refractivity contribution is 6.67. The van der Waals surface area contributed by atoms with Crippen molar-refractivity contribution in [1.29, 1.82) is 0 Å². The van der Waals surface area contributed by atoms with E-state index in [-0.39, 0.29) is 18.2 Å². The van der Waals surface area contributed by atoms with Crippen molar-refractivity contribution in [1.82, 2.24) is 9.97 Å². The van der Waals surface area contributed by atoms with Crippen LogP contribution in [0.3, 0.4) is 0 Å². The molecule has 0 saturated carbocycles. The maximum Gasteiger partial charge on any atom is 0.289 e. The average Bonchev–Trinajstić information content (AvgIpc) is 1.90. The molecule has 10 heavy (non-hydrogen) atoms. The fraction of sp³-hybridized carbons (Fsp3) is 0. The van der Waals surface area contributed by atoms with Gasteiger partial charge in [0.1, 0.15) is 0 Å². The molecule has 5 heteroatoms. The second-order valence-electron chi connectivity index (χ2n) is 1.35. The van der Waals surface area contributed by atoms with E-state index in [1.807, 2.05) is 0 Å². The van der Waals surface area contributed by atoms with Crippen molar-refractivity contribution in [3.05, 3.63) is 24.3 Å². The van der Waals surface area contributed by atoms with Gasteiger partial charge in [-0.1, -0.05) is 0 Å². The predicted molar refractivity (Wildman–Crippen MR) is 39.5 cm³/mol. The van der Waals surface area contributed by atoms with Gasteiger partial charge in [0.25, 0.3) is 5.24 Å². The number of halogens is 2. The second-order valence-corrected chi connectivity index (χ2v) is 1.69. The van der Waals surface area contributed by atoms with Crippen LogP contribution in [0.25, 0.3) is 0 Å². The third-order valence-corrected chi connectivity index (χ3v) is 0.911. The normalized spacial score (nSPS) is 8.10. The molecule has 0 aliphatic rings. The number of rotatable bonds is 1. The van der Waals surface area contributed by atoms with Crippen LogP contribution in [0.15, 0.2) is 18.5 Å². The number of aromatic nitrogens is 2. The van der Waals surface area contributed by atoms with Gasteiger partial charge in [-0.3, -0.25) is 4.79 Å². The van der Waals surface area contributed by atoms with Gasteiger partial charge >= 0.3 is 0 Å². The summed E-state index contributed by atoms with van der Waals surface area (Å²) in [5.41, 5.74) is 0. The SMILES string of the molecule is Cl.O=C(Cl)c1ncccn1. The van der Waals surface area contributed by atoms with Crippen molar-refractivity contribution in [3.8, 4) is 0 Å². The average molecular weight is 179 g/mol. The Hall–Kier alpha value is -0.670. The zero-order valence-electron chi connectivity index (χ0n) is 4.82. The summed E-state index contributed by atoms with van der Waals surface area (Å²) in [7, 11) is 0. The van der Waals surface area contributed by atoms with Gasteiger partial charge < -0.3 is 0 Å². The summed E-state index contributed by atoms with van der Waals surface area (Å²) in [5, 5.41) is -0.629. The molecule has 0 N–H and O–H groups in total. The molecular formula is C5H4Cl2N2O. The summed E-state index contributed by atoms with van der Waals surface area (Å²) < 4.78 is 0. The van der Waals surface area contributed by atoms with E-state index in [1.165, 1.54) is 12.4 Å². The molecule has 0 bridgehead atoms. The third-order valence-electron chi connectivity index (χ3n) is 0.742. The highest BCUT2D eigenvalue weighted by atomic mass is 35.5. The van der Waals surface area contributed by atoms with Crippen molar-refractivity contribution in [3.63, 3.8) is 0 Å². The van der Waals surface area contributed by atoms with Crippen LogP contribution in [0.4, 0.5) is 0 Å². The molecule has 0 unspecified atom stereocenters. The molecular weight excluding hydrogens is 175 g/mol. The molecule has 54 valence electrons. The Kier molecular flexibility index (Phi) is 3.91. The summed E-state index contributed by atoms with van der Waals surface area (Å²) in [4.78, 5) is 17.5. The molecule has 1 aromatic rings. The Morgan fingerprint density at radius 1 is 1.40 bits per heavy atom. The Balaban J connectivity index is 0.000000810. The van der Waals surface area contributed by atoms with E-state index in [9.17, 15) is 4.79 Å². The number of carbonyl (C=O) groups excluding carboxylic acids is 1. The van der Waals surface area contributed by atoms with Crippen molar-refractivity contribution >= 4 is 29.3 Å². The molecule has 1 heterocycles. The number of carbonyl (C=O) groups is 1. The fourth-order valence-electron chi connectivity index (χ4n) is 0.401. The number of nitrogens with zero attached hydrogens (tertiary/aromatic N) is 2. The maximum atomic E-state index is 10.3. The van der Waals surface area contributed by atoms with Gasteiger partial charge in [-0.15, -0.1) is 12.4 Å². The van der Waals surface area contributed by atoms with Crippen LogP contribution in [0.5, 0.6) is 0 Å². The number of hydrogen-bond donors (Lipinski definition) is 0. The first-order chi connectivity index (χ1) is 4.30. The van der Waals surface area contributed by atoms with E-state index in [0.29, 0.717) is 0 Å². The van der Waals surface area contributed by atoms with Crippen LogP contribution in [0, 0.1) is 0 Å². The van der Waals surface area contributed by atoms with Gasteiger partial charge in [0, 0.05) is 12.4 Å². The fourth-order valence-corrected chi connectivity index (χ4v) is 0.498. The Morgan fingerprint density at radius 3 is 2.20 bits per heavy atom. The minimum atomic E-state index is -0.629. The molecule has 0 aromatic carbocycles. The quantitative estimate of drug-likeness (QED) is 0.609. The topological polar surface area (TPSA) is 42.9 Å². The van der Waals surface area contributed by atoms with Crippen LogP contribution < -0.4 is 0 Å². The smallest absolute Gasteiger partial charge is 0.272 e. The van der Waals surface area contributed by atoms with E-state index in [1.54, 1.807) is 6.07 Å². The molecule has 0 spiro atoms. The van der Waals surface area contributed by atoms with E-state index in [4.69, 9.17) is 11.6 Å². The second kappa shape index (κ2) is 4.19. The van der Waals surface area contributed by atoms with Gasteiger partial charge in [0.05, 0.1) is 0 Å². The Morgan fingerprint density at radius 2 is 1.90 bits per heavy atom. The minimum Gasteiger partial charge on any atom is -0.272 e. The highest BCUT2D eigenvalue weighted by Crippen LogP contribution is 1.91. The first-order valence-electron chi connectivity index (χ1n) is 2.27. The molecule has 0 aliphatic carbocycles. The summed E-state index contributed by atoms with van der Waals surface area (Å²) >= 11 is 5.04. The molecule has 0 saturated heterocycles. The molecule has 0 amide bonds. The van der Waals surface area contributed by atoms with Crippen LogP contribution in [0.1, 0.15) is 10.6 Å². The third kappa shape index (κ3) is 2.29. The highest BCUT2D eigenvalue weighted by Gasteiger charge is 2.00. The predicted octanol–water partition coefficient (Wildman–Crippen LogP) is 1.28. The van der Waals surface area contributed by atoms with E-state index < -0.39 is 5.24 Å². The van der Waals surface area contributed by atoms with Gasteiger partial charge in [0.2, 0.25) is 5.82 Å². The summed E-state index contributed by atoms with van der Waals surface area (Å²) in [5.74, 6) is 0.0409. The lowest BCUT2D eigenvalue weighted by Gasteiger charge is -1.85. The number of hydrogen-bond acceptors (Lipinski definition) is 3. The molecule has 0 fully saturated rings. The standard InChI is InChI=1S/C5H3ClN2O.ClH/c6-4(9)5-7-2-1-3-8-5;/h1-3H;1H. The van der Waals surface area contributed by atoms with Crippen LogP contribution >= 0.6 is 24.0 Å². The van der Waals surface area contributed by atoms with E-state index in [0.717, 1.165) is 0 Å². The van der Waals surface area contributed by atoms with Gasteiger partial charge in [-0.05, 0) is 17.7 Å². The molecule has 0 atom stereocenters. The largest absolute Gasteiger partial charge is 0.289 e. The molecule has 1 rings (SSSR count). The lowest BCUT2D eigenvalue weighted by atomic mass is 10.6. The molecule has 3 nitrogen and oxygen atoms in total. The van der Waals surface area contributed by atoms with Gasteiger partial charge in [-0.2, -0.15) is 0 Å². The van der Waals surface area contributed by atoms with Crippen molar-refractivity contribution < 1.29 is 4.79 Å². The summed E-state index contributed by atoms with van der Waals surface area (Å²) in [6.45, 7) is 0. The Labute approximate surface area is 68.9 Å². The zero-order chi connectivity index (χ0) is 6.69. The van der Waals surface area contributed by atoms with Crippen molar-refractivity contribution in [2.45, 2.75) is 0 Å². The van der Waals surface area contributed by atoms with Crippen LogP contribution in [-0.2, 0) is 0 Å². The molecule has 0 aliphatic heterocycles. The first kappa shape index (κ1) is 9.33. The summed E-state index contributed by atoms with van der Waals surface area (Å²) in [6, 6.07) is 1.61. The van der Waals surface area contributed by atoms with Crippen LogP contribution in [-0.4, -0.2) is 15.2 Å². The molecule has 0 radical (unpaired) electrons. The zero-order valence-corrected chi connectivity index (χ0v) is 6.39. The van der Waals surface area contributed by atoms with Crippen molar-refractivity contribution in [2.75, 3.05) is 0 Å². The van der Waals surface area contributed by atoms with E-state index >= 15 is 0 Å². The minimum absolute atomic E-state index is 0. The van der Waals surface area contributed by atoms with Crippen LogP contribution in [0.2, 0.25) is 0 Å². The first-order valence-corrected chi connectivity index (χ1v) is 2.65. The van der Waals surface area contributed by atoms with Crippen molar-refractivity contribution in [2.24, 2.45) is 0 Å². The lowest BCUT2D eigenvalue weighted by molar-refractivity contribution is 0.107. The van der Waals surface area contributed by atoms with E-state index in [2.05, 4.69) is 9.97 Å². The monoisotopic (exact) mass is 178 g/mol.